The van der Waals surface area contributed by atoms with Gasteiger partial charge in [-0.1, -0.05) is 49.4 Å². The number of hydrogen-bond donors (Lipinski definition) is 1. The van der Waals surface area contributed by atoms with Gasteiger partial charge in [-0.2, -0.15) is 4.31 Å². The number of carbonyl (C=O) groups excluding carboxylic acids is 1. The number of amides is 1. The first-order chi connectivity index (χ1) is 14.9. The third kappa shape index (κ3) is 6.16. The molecular formula is C24H26N2O4S. The Balaban J connectivity index is 1.55. The zero-order chi connectivity index (χ0) is 22.3. The molecule has 3 rings (SSSR count). The largest absolute Gasteiger partial charge is 0.484 e. The number of benzene rings is 3. The van der Waals surface area contributed by atoms with Crippen LogP contribution in [0.15, 0.2) is 83.8 Å². The molecule has 0 unspecified atom stereocenters. The Kier molecular flexibility index (Phi) is 7.44. The van der Waals surface area contributed by atoms with Crippen molar-refractivity contribution in [3.05, 3.63) is 90.0 Å². The van der Waals surface area contributed by atoms with Gasteiger partial charge < -0.3 is 10.1 Å². The van der Waals surface area contributed by atoms with Crippen molar-refractivity contribution in [1.29, 1.82) is 0 Å². The first kappa shape index (κ1) is 22.5. The van der Waals surface area contributed by atoms with Crippen LogP contribution in [0.2, 0.25) is 0 Å². The van der Waals surface area contributed by atoms with Gasteiger partial charge in [-0.3, -0.25) is 4.79 Å². The maximum atomic E-state index is 12.8. The number of aryl methyl sites for hydroxylation is 1. The number of hydrogen-bond acceptors (Lipinski definition) is 4. The summed E-state index contributed by atoms with van der Waals surface area (Å²) in [5.74, 6) is 0.129. The van der Waals surface area contributed by atoms with Crippen molar-refractivity contribution in [2.24, 2.45) is 0 Å². The summed E-state index contributed by atoms with van der Waals surface area (Å²) < 4.78 is 32.4. The summed E-state index contributed by atoms with van der Waals surface area (Å²) in [5, 5.41) is 2.77. The van der Waals surface area contributed by atoms with Gasteiger partial charge in [0.15, 0.2) is 6.61 Å². The highest BCUT2D eigenvalue weighted by atomic mass is 32.2. The van der Waals surface area contributed by atoms with Gasteiger partial charge in [-0.05, 0) is 53.9 Å². The maximum absolute atomic E-state index is 12.8. The van der Waals surface area contributed by atoms with E-state index in [1.54, 1.807) is 19.2 Å². The lowest BCUT2D eigenvalue weighted by Gasteiger charge is -2.17. The van der Waals surface area contributed by atoms with E-state index in [2.05, 4.69) is 12.2 Å². The van der Waals surface area contributed by atoms with Gasteiger partial charge in [0.1, 0.15) is 5.75 Å². The summed E-state index contributed by atoms with van der Waals surface area (Å²) in [4.78, 5) is 12.3. The number of carbonyl (C=O) groups is 1. The molecule has 162 valence electrons. The molecule has 3 aromatic rings. The number of nitrogens with one attached hydrogen (secondary N) is 1. The number of ether oxygens (including phenoxy) is 1. The van der Waals surface area contributed by atoms with Gasteiger partial charge in [-0.15, -0.1) is 0 Å². The molecule has 1 N–H and O–H groups in total. The Hall–Kier alpha value is -3.16. The zero-order valence-corrected chi connectivity index (χ0v) is 18.4. The second-order valence-corrected chi connectivity index (χ2v) is 9.15. The maximum Gasteiger partial charge on any atom is 0.262 e. The summed E-state index contributed by atoms with van der Waals surface area (Å²) in [6.07, 6.45) is 0.936. The van der Waals surface area contributed by atoms with Crippen LogP contribution in [0.1, 0.15) is 18.1 Å². The van der Waals surface area contributed by atoms with Crippen molar-refractivity contribution in [2.45, 2.75) is 24.8 Å². The average Bonchev–Trinajstić information content (AvgIpc) is 2.79. The molecule has 0 saturated heterocycles. The van der Waals surface area contributed by atoms with Gasteiger partial charge >= 0.3 is 0 Å². The molecule has 3 aromatic carbocycles. The topological polar surface area (TPSA) is 75.7 Å². The van der Waals surface area contributed by atoms with Crippen molar-refractivity contribution >= 4 is 21.6 Å². The molecule has 0 spiro atoms. The standard InChI is InChI=1S/C24H26N2O4S/c1-3-19-9-11-21(12-10-19)25-24(27)18-30-22-13-15-23(16-14-22)31(28,29)26(2)17-20-7-5-4-6-8-20/h4-16H,3,17-18H2,1-2H3,(H,25,27). The number of nitrogens with zero attached hydrogens (tertiary/aromatic N) is 1. The van der Waals surface area contributed by atoms with Crippen LogP contribution in [0, 0.1) is 0 Å². The summed E-state index contributed by atoms with van der Waals surface area (Å²) in [5.41, 5.74) is 2.80. The number of sulfonamides is 1. The van der Waals surface area contributed by atoms with Crippen molar-refractivity contribution in [1.82, 2.24) is 4.31 Å². The second kappa shape index (κ2) is 10.2. The van der Waals surface area contributed by atoms with E-state index in [9.17, 15) is 13.2 Å². The lowest BCUT2D eigenvalue weighted by atomic mass is 10.1. The SMILES string of the molecule is CCc1ccc(NC(=O)COc2ccc(S(=O)(=O)N(C)Cc3ccccc3)cc2)cc1. The molecule has 0 aromatic heterocycles. The molecule has 0 aliphatic carbocycles. The average molecular weight is 439 g/mol. The lowest BCUT2D eigenvalue weighted by Crippen LogP contribution is -2.26. The molecular weight excluding hydrogens is 412 g/mol. The first-order valence-electron chi connectivity index (χ1n) is 10.0. The molecule has 0 saturated carbocycles. The minimum Gasteiger partial charge on any atom is -0.484 e. The van der Waals surface area contributed by atoms with Crippen LogP contribution >= 0.6 is 0 Å². The van der Waals surface area contributed by atoms with Gasteiger partial charge in [0.05, 0.1) is 4.90 Å². The van der Waals surface area contributed by atoms with E-state index in [1.165, 1.54) is 22.0 Å². The Morgan fingerprint density at radius 2 is 1.55 bits per heavy atom. The Labute approximate surface area is 183 Å². The van der Waals surface area contributed by atoms with Gasteiger partial charge in [0.25, 0.3) is 5.91 Å². The highest BCUT2D eigenvalue weighted by Crippen LogP contribution is 2.20. The molecule has 0 aliphatic heterocycles. The van der Waals surface area contributed by atoms with Gasteiger partial charge in [0.2, 0.25) is 10.0 Å². The van der Waals surface area contributed by atoms with Crippen LogP contribution in [0.4, 0.5) is 5.69 Å². The zero-order valence-electron chi connectivity index (χ0n) is 17.6. The fourth-order valence-corrected chi connectivity index (χ4v) is 4.14. The fourth-order valence-electron chi connectivity index (χ4n) is 2.98. The van der Waals surface area contributed by atoms with E-state index in [0.29, 0.717) is 11.4 Å². The molecule has 0 bridgehead atoms. The van der Waals surface area contributed by atoms with E-state index >= 15 is 0 Å². The Morgan fingerprint density at radius 1 is 0.903 bits per heavy atom. The lowest BCUT2D eigenvalue weighted by molar-refractivity contribution is -0.118. The summed E-state index contributed by atoms with van der Waals surface area (Å²) in [6, 6.07) is 23.1. The highest BCUT2D eigenvalue weighted by molar-refractivity contribution is 7.89. The van der Waals surface area contributed by atoms with Crippen molar-refractivity contribution in [2.75, 3.05) is 19.0 Å². The van der Waals surface area contributed by atoms with Crippen molar-refractivity contribution in [3.63, 3.8) is 0 Å². The highest BCUT2D eigenvalue weighted by Gasteiger charge is 2.21. The number of rotatable bonds is 9. The minimum atomic E-state index is -3.63. The molecule has 31 heavy (non-hydrogen) atoms. The monoisotopic (exact) mass is 438 g/mol. The minimum absolute atomic E-state index is 0.166. The molecule has 0 atom stereocenters. The molecule has 7 heteroatoms. The fraction of sp³-hybridized carbons (Fsp3) is 0.208. The smallest absolute Gasteiger partial charge is 0.262 e. The normalized spacial score (nSPS) is 11.3. The predicted octanol–water partition coefficient (Wildman–Crippen LogP) is 4.09. The van der Waals surface area contributed by atoms with Crippen molar-refractivity contribution in [3.8, 4) is 5.75 Å². The summed E-state index contributed by atoms with van der Waals surface area (Å²) in [6.45, 7) is 2.18. The molecule has 0 fully saturated rings. The van der Waals surface area contributed by atoms with Crippen LogP contribution in [0.25, 0.3) is 0 Å². The van der Waals surface area contributed by atoms with Crippen LogP contribution in [0.3, 0.4) is 0 Å². The van der Waals surface area contributed by atoms with Crippen LogP contribution in [0.5, 0.6) is 5.75 Å². The predicted molar refractivity (Wildman–Crippen MR) is 121 cm³/mol. The third-order valence-corrected chi connectivity index (χ3v) is 6.61. The van der Waals surface area contributed by atoms with Crippen LogP contribution < -0.4 is 10.1 Å². The van der Waals surface area contributed by atoms with E-state index in [1.807, 2.05) is 54.6 Å². The number of anilines is 1. The quantitative estimate of drug-likeness (QED) is 0.546. The van der Waals surface area contributed by atoms with E-state index in [-0.39, 0.29) is 24.0 Å². The van der Waals surface area contributed by atoms with E-state index < -0.39 is 10.0 Å². The van der Waals surface area contributed by atoms with E-state index in [4.69, 9.17) is 4.74 Å². The second-order valence-electron chi connectivity index (χ2n) is 7.11. The van der Waals surface area contributed by atoms with Crippen LogP contribution in [-0.2, 0) is 27.8 Å². The first-order valence-corrected chi connectivity index (χ1v) is 11.4. The van der Waals surface area contributed by atoms with Crippen LogP contribution in [-0.4, -0.2) is 32.3 Å². The molecule has 6 nitrogen and oxygen atoms in total. The molecule has 0 heterocycles. The third-order valence-electron chi connectivity index (χ3n) is 4.80. The van der Waals surface area contributed by atoms with Gasteiger partial charge in [0, 0.05) is 19.3 Å². The summed E-state index contributed by atoms with van der Waals surface area (Å²) >= 11 is 0. The Bertz CT molecular complexity index is 1100. The van der Waals surface area contributed by atoms with E-state index in [0.717, 1.165) is 12.0 Å². The Morgan fingerprint density at radius 3 is 2.16 bits per heavy atom. The van der Waals surface area contributed by atoms with Gasteiger partial charge in [-0.25, -0.2) is 8.42 Å². The molecule has 0 aliphatic rings. The summed E-state index contributed by atoms with van der Waals surface area (Å²) in [7, 11) is -2.09. The molecule has 1 amide bonds. The van der Waals surface area contributed by atoms with Crippen molar-refractivity contribution < 1.29 is 17.9 Å². The molecule has 0 radical (unpaired) electrons.